The molecule has 0 unspecified atom stereocenters. The summed E-state index contributed by atoms with van der Waals surface area (Å²) in [7, 11) is 3.13. The first-order valence-corrected chi connectivity index (χ1v) is 8.20. The highest BCUT2D eigenvalue weighted by atomic mass is 16.5. The highest BCUT2D eigenvalue weighted by Crippen LogP contribution is 2.32. The average molecular weight is 335 g/mol. The van der Waals surface area contributed by atoms with Gasteiger partial charge in [-0.15, -0.1) is 0 Å². The number of ether oxygens (including phenoxy) is 3. The van der Waals surface area contributed by atoms with Gasteiger partial charge in [-0.05, 0) is 38.8 Å². The molecule has 6 nitrogen and oxygen atoms in total. The predicted molar refractivity (Wildman–Crippen MR) is 89.5 cm³/mol. The molecule has 0 saturated carbocycles. The van der Waals surface area contributed by atoms with Crippen molar-refractivity contribution in [3.63, 3.8) is 0 Å². The van der Waals surface area contributed by atoms with Gasteiger partial charge in [0, 0.05) is 18.7 Å². The van der Waals surface area contributed by atoms with E-state index < -0.39 is 0 Å². The maximum absolute atomic E-state index is 12.8. The molecule has 0 aliphatic carbocycles. The van der Waals surface area contributed by atoms with Crippen LogP contribution in [0, 0.1) is 12.8 Å². The lowest BCUT2D eigenvalue weighted by molar-refractivity contribution is -0.149. The Hall–Kier alpha value is -2.24. The lowest BCUT2D eigenvalue weighted by Crippen LogP contribution is -2.40. The van der Waals surface area contributed by atoms with Crippen LogP contribution in [0.15, 0.2) is 12.1 Å². The van der Waals surface area contributed by atoms with E-state index in [2.05, 4.69) is 0 Å². The van der Waals surface area contributed by atoms with Crippen molar-refractivity contribution in [2.75, 3.05) is 33.9 Å². The summed E-state index contributed by atoms with van der Waals surface area (Å²) in [4.78, 5) is 26.4. The number of likely N-dealkylation sites (tertiary alicyclic amines) is 1. The molecule has 1 amide bonds. The van der Waals surface area contributed by atoms with Gasteiger partial charge in [0.15, 0.2) is 0 Å². The zero-order valence-electron chi connectivity index (χ0n) is 14.8. The monoisotopic (exact) mass is 335 g/mol. The topological polar surface area (TPSA) is 65.1 Å². The molecular formula is C18H25NO5. The fraction of sp³-hybridized carbons (Fsp3) is 0.556. The summed E-state index contributed by atoms with van der Waals surface area (Å²) in [5.41, 5.74) is 1.32. The summed E-state index contributed by atoms with van der Waals surface area (Å²) in [6.07, 6.45) is 1.25. The zero-order chi connectivity index (χ0) is 17.7. The molecule has 0 bridgehead atoms. The molecule has 0 aromatic heterocycles. The number of nitrogens with zero attached hydrogens (tertiary/aromatic N) is 1. The normalized spacial score (nSPS) is 15.1. The summed E-state index contributed by atoms with van der Waals surface area (Å²) in [5.74, 6) is 0.854. The number of benzene rings is 1. The van der Waals surface area contributed by atoms with Gasteiger partial charge in [0.05, 0.1) is 32.3 Å². The number of hydrogen-bond acceptors (Lipinski definition) is 5. The van der Waals surface area contributed by atoms with Crippen LogP contribution in [0.3, 0.4) is 0 Å². The van der Waals surface area contributed by atoms with Crippen molar-refractivity contribution in [3.05, 3.63) is 23.3 Å². The number of carbonyl (C=O) groups excluding carboxylic acids is 2. The van der Waals surface area contributed by atoms with Gasteiger partial charge in [0.1, 0.15) is 11.5 Å². The number of esters is 1. The molecule has 1 fully saturated rings. The first kappa shape index (κ1) is 18.1. The third-order valence-electron chi connectivity index (χ3n) is 4.41. The standard InChI is InChI=1S/C18H25NO5/c1-5-24-18(21)13-8-10-19(11-9-13)17(20)14-6-7-15(22-3)12(2)16(14)23-4/h6-7,13H,5,8-11H2,1-4H3. The Morgan fingerprint density at radius 3 is 2.38 bits per heavy atom. The number of hydrogen-bond donors (Lipinski definition) is 0. The summed E-state index contributed by atoms with van der Waals surface area (Å²) < 4.78 is 15.8. The number of piperidine rings is 1. The number of amides is 1. The summed E-state index contributed by atoms with van der Waals surface area (Å²) in [6.45, 7) is 5.13. The highest BCUT2D eigenvalue weighted by molar-refractivity contribution is 5.98. The van der Waals surface area contributed by atoms with Gasteiger partial charge in [-0.1, -0.05) is 0 Å². The maximum Gasteiger partial charge on any atom is 0.309 e. The van der Waals surface area contributed by atoms with Crippen LogP contribution >= 0.6 is 0 Å². The fourth-order valence-electron chi connectivity index (χ4n) is 3.07. The minimum atomic E-state index is -0.164. The van der Waals surface area contributed by atoms with Crippen molar-refractivity contribution in [2.24, 2.45) is 5.92 Å². The van der Waals surface area contributed by atoms with Crippen molar-refractivity contribution < 1.29 is 23.8 Å². The van der Waals surface area contributed by atoms with Gasteiger partial charge in [0.2, 0.25) is 0 Å². The number of rotatable bonds is 5. The molecule has 132 valence electrons. The van der Waals surface area contributed by atoms with E-state index in [0.717, 1.165) is 5.56 Å². The van der Waals surface area contributed by atoms with Crippen LogP contribution in [0.1, 0.15) is 35.7 Å². The van der Waals surface area contributed by atoms with Crippen molar-refractivity contribution in [3.8, 4) is 11.5 Å². The molecule has 1 saturated heterocycles. The average Bonchev–Trinajstić information content (AvgIpc) is 2.61. The van der Waals surface area contributed by atoms with E-state index in [1.807, 2.05) is 6.92 Å². The van der Waals surface area contributed by atoms with Gasteiger partial charge < -0.3 is 19.1 Å². The van der Waals surface area contributed by atoms with Crippen LogP contribution in [0.5, 0.6) is 11.5 Å². The Morgan fingerprint density at radius 2 is 1.83 bits per heavy atom. The Labute approximate surface area is 142 Å². The SMILES string of the molecule is CCOC(=O)C1CCN(C(=O)c2ccc(OC)c(C)c2OC)CC1. The molecule has 0 N–H and O–H groups in total. The van der Waals surface area contributed by atoms with Crippen LogP contribution < -0.4 is 9.47 Å². The van der Waals surface area contributed by atoms with Gasteiger partial charge in [-0.3, -0.25) is 9.59 Å². The lowest BCUT2D eigenvalue weighted by Gasteiger charge is -2.31. The molecule has 24 heavy (non-hydrogen) atoms. The first-order chi connectivity index (χ1) is 11.5. The van der Waals surface area contributed by atoms with Crippen molar-refractivity contribution >= 4 is 11.9 Å². The molecule has 1 aromatic carbocycles. The van der Waals surface area contributed by atoms with Crippen LogP contribution in [-0.4, -0.2) is 50.7 Å². The van der Waals surface area contributed by atoms with Gasteiger partial charge in [-0.25, -0.2) is 0 Å². The van der Waals surface area contributed by atoms with Crippen LogP contribution in [0.2, 0.25) is 0 Å². The smallest absolute Gasteiger partial charge is 0.309 e. The van der Waals surface area contributed by atoms with E-state index in [-0.39, 0.29) is 17.8 Å². The van der Waals surface area contributed by atoms with Gasteiger partial charge >= 0.3 is 5.97 Å². The van der Waals surface area contributed by atoms with Crippen molar-refractivity contribution in [1.82, 2.24) is 4.90 Å². The molecule has 1 heterocycles. The van der Waals surface area contributed by atoms with Crippen LogP contribution in [0.25, 0.3) is 0 Å². The van der Waals surface area contributed by atoms with Gasteiger partial charge in [0.25, 0.3) is 5.91 Å². The quantitative estimate of drug-likeness (QED) is 0.773. The molecule has 2 rings (SSSR count). The van der Waals surface area contributed by atoms with E-state index in [1.165, 1.54) is 0 Å². The van der Waals surface area contributed by atoms with E-state index >= 15 is 0 Å². The Kier molecular flexibility index (Phi) is 6.06. The minimum absolute atomic E-state index is 0.0834. The second-order valence-electron chi connectivity index (χ2n) is 5.79. The molecule has 6 heteroatoms. The fourth-order valence-corrected chi connectivity index (χ4v) is 3.07. The molecule has 0 radical (unpaired) electrons. The van der Waals surface area contributed by atoms with Gasteiger partial charge in [-0.2, -0.15) is 0 Å². The minimum Gasteiger partial charge on any atom is -0.496 e. The first-order valence-electron chi connectivity index (χ1n) is 8.20. The number of methoxy groups -OCH3 is 2. The molecule has 1 aliphatic heterocycles. The van der Waals surface area contributed by atoms with E-state index in [9.17, 15) is 9.59 Å². The molecule has 0 spiro atoms. The maximum atomic E-state index is 12.8. The third-order valence-corrected chi connectivity index (χ3v) is 4.41. The zero-order valence-corrected chi connectivity index (χ0v) is 14.8. The molecular weight excluding hydrogens is 310 g/mol. The largest absolute Gasteiger partial charge is 0.496 e. The molecule has 1 aliphatic rings. The van der Waals surface area contributed by atoms with Crippen molar-refractivity contribution in [1.29, 1.82) is 0 Å². The van der Waals surface area contributed by atoms with E-state index in [4.69, 9.17) is 14.2 Å². The number of carbonyl (C=O) groups is 2. The summed E-state index contributed by atoms with van der Waals surface area (Å²) >= 11 is 0. The Morgan fingerprint density at radius 1 is 1.17 bits per heavy atom. The molecule has 1 aromatic rings. The summed E-state index contributed by atoms with van der Waals surface area (Å²) in [5, 5.41) is 0. The summed E-state index contributed by atoms with van der Waals surface area (Å²) in [6, 6.07) is 3.50. The van der Waals surface area contributed by atoms with Crippen molar-refractivity contribution in [2.45, 2.75) is 26.7 Å². The third kappa shape index (κ3) is 3.63. The second-order valence-corrected chi connectivity index (χ2v) is 5.79. The predicted octanol–water partition coefficient (Wildman–Crippen LogP) is 2.43. The second kappa shape index (κ2) is 8.04. The Bertz CT molecular complexity index is 606. The van der Waals surface area contributed by atoms with E-state index in [1.54, 1.807) is 38.2 Å². The Balaban J connectivity index is 2.11. The lowest BCUT2D eigenvalue weighted by atomic mass is 9.96. The van der Waals surface area contributed by atoms with E-state index in [0.29, 0.717) is 49.6 Å². The van der Waals surface area contributed by atoms with Crippen LogP contribution in [0.4, 0.5) is 0 Å². The molecule has 0 atom stereocenters. The highest BCUT2D eigenvalue weighted by Gasteiger charge is 2.30. The van der Waals surface area contributed by atoms with Crippen LogP contribution in [-0.2, 0) is 9.53 Å².